The van der Waals surface area contributed by atoms with Gasteiger partial charge in [0.2, 0.25) is 0 Å². The molecule has 0 fully saturated rings. The Kier molecular flexibility index (Phi) is 5.60. The van der Waals surface area contributed by atoms with E-state index < -0.39 is 0 Å². The van der Waals surface area contributed by atoms with Crippen LogP contribution in [0.3, 0.4) is 0 Å². The summed E-state index contributed by atoms with van der Waals surface area (Å²) in [4.78, 5) is 30.0. The summed E-state index contributed by atoms with van der Waals surface area (Å²) < 4.78 is 0. The molecule has 0 radical (unpaired) electrons. The molecule has 4 nitrogen and oxygen atoms in total. The molecule has 0 bridgehead atoms. The van der Waals surface area contributed by atoms with Crippen LogP contribution in [0.2, 0.25) is 0 Å². The molecule has 2 aromatic rings. The number of ketones is 1. The average molecular weight is 326 g/mol. The largest absolute Gasteiger partial charge is 0.354 e. The van der Waals surface area contributed by atoms with Gasteiger partial charge in [-0.2, -0.15) is 0 Å². The molecule has 0 aliphatic carbocycles. The monoisotopic (exact) mass is 326 g/mol. The first-order valence-electron chi connectivity index (χ1n) is 8.41. The molecule has 1 aromatic carbocycles. The van der Waals surface area contributed by atoms with Crippen LogP contribution in [0.4, 0.5) is 0 Å². The lowest BCUT2D eigenvalue weighted by Crippen LogP contribution is -2.38. The second kappa shape index (κ2) is 7.47. The number of aromatic nitrogens is 1. The van der Waals surface area contributed by atoms with Gasteiger partial charge in [0.1, 0.15) is 5.69 Å². The molecule has 1 N–H and O–H groups in total. The van der Waals surface area contributed by atoms with Crippen LogP contribution >= 0.6 is 0 Å². The van der Waals surface area contributed by atoms with Gasteiger partial charge >= 0.3 is 0 Å². The lowest BCUT2D eigenvalue weighted by Gasteiger charge is -2.28. The second-order valence-electron chi connectivity index (χ2n) is 6.36. The summed E-state index contributed by atoms with van der Waals surface area (Å²) in [6.07, 6.45) is 0.872. The Labute approximate surface area is 143 Å². The van der Waals surface area contributed by atoms with E-state index in [4.69, 9.17) is 0 Å². The summed E-state index contributed by atoms with van der Waals surface area (Å²) in [7, 11) is 0. The number of aryl methyl sites for hydroxylation is 1. The third kappa shape index (κ3) is 3.58. The molecule has 1 unspecified atom stereocenters. The van der Waals surface area contributed by atoms with Gasteiger partial charge in [0.05, 0.1) is 0 Å². The van der Waals surface area contributed by atoms with Crippen molar-refractivity contribution < 1.29 is 9.59 Å². The third-order valence-electron chi connectivity index (χ3n) is 4.58. The molecule has 1 atom stereocenters. The van der Waals surface area contributed by atoms with Crippen molar-refractivity contribution in [3.8, 4) is 0 Å². The summed E-state index contributed by atoms with van der Waals surface area (Å²) >= 11 is 0. The SMILES string of the molecule is CCC(C)N(Cc1ccccc1)C(=O)c1[nH]c(C)c(C(C)=O)c1C. The standard InChI is InChI=1S/C20H26N2O2/c1-6-13(2)22(12-17-10-8-7-9-11-17)20(24)19-14(3)18(16(5)23)15(4)21-19/h7-11,13,21H,6,12H2,1-5H3. The topological polar surface area (TPSA) is 53.2 Å². The molecule has 24 heavy (non-hydrogen) atoms. The number of carbonyl (C=O) groups excluding carboxylic acids is 2. The van der Waals surface area contributed by atoms with E-state index in [1.807, 2.05) is 49.1 Å². The van der Waals surface area contributed by atoms with Crippen LogP contribution < -0.4 is 0 Å². The zero-order valence-electron chi connectivity index (χ0n) is 15.1. The molecular formula is C20H26N2O2. The van der Waals surface area contributed by atoms with Crippen LogP contribution in [-0.2, 0) is 6.54 Å². The molecular weight excluding hydrogens is 300 g/mol. The Morgan fingerprint density at radius 2 is 1.79 bits per heavy atom. The summed E-state index contributed by atoms with van der Waals surface area (Å²) in [5.74, 6) is -0.0697. The first kappa shape index (κ1) is 18.0. The molecule has 2 rings (SSSR count). The summed E-state index contributed by atoms with van der Waals surface area (Å²) in [5, 5.41) is 0. The molecule has 0 aliphatic rings. The number of amides is 1. The van der Waals surface area contributed by atoms with E-state index >= 15 is 0 Å². The number of aromatic amines is 1. The quantitative estimate of drug-likeness (QED) is 0.806. The van der Waals surface area contributed by atoms with Gasteiger partial charge in [-0.1, -0.05) is 37.3 Å². The number of Topliss-reactive ketones (excluding diaryl/α,β-unsaturated/α-hetero) is 1. The van der Waals surface area contributed by atoms with Crippen molar-refractivity contribution in [2.75, 3.05) is 0 Å². The number of H-pyrrole nitrogens is 1. The smallest absolute Gasteiger partial charge is 0.271 e. The minimum Gasteiger partial charge on any atom is -0.354 e. The highest BCUT2D eigenvalue weighted by Crippen LogP contribution is 2.22. The first-order valence-corrected chi connectivity index (χ1v) is 8.41. The number of rotatable bonds is 6. The molecule has 0 saturated heterocycles. The number of nitrogens with one attached hydrogen (secondary N) is 1. The van der Waals surface area contributed by atoms with E-state index in [1.165, 1.54) is 6.92 Å². The highest BCUT2D eigenvalue weighted by Gasteiger charge is 2.26. The Balaban J connectivity index is 2.38. The highest BCUT2D eigenvalue weighted by molar-refractivity contribution is 6.02. The Bertz CT molecular complexity index is 732. The van der Waals surface area contributed by atoms with Gasteiger partial charge in [-0.25, -0.2) is 0 Å². The van der Waals surface area contributed by atoms with Crippen molar-refractivity contribution in [2.24, 2.45) is 0 Å². The molecule has 0 aliphatic heterocycles. The molecule has 0 saturated carbocycles. The van der Waals surface area contributed by atoms with Gasteiger partial charge in [0, 0.05) is 23.8 Å². The highest BCUT2D eigenvalue weighted by atomic mass is 16.2. The van der Waals surface area contributed by atoms with E-state index in [0.717, 1.165) is 23.2 Å². The first-order chi connectivity index (χ1) is 11.4. The van der Waals surface area contributed by atoms with Crippen LogP contribution in [-0.4, -0.2) is 27.6 Å². The fraction of sp³-hybridized carbons (Fsp3) is 0.400. The van der Waals surface area contributed by atoms with Gasteiger partial charge < -0.3 is 9.88 Å². The number of nitrogens with zero attached hydrogens (tertiary/aromatic N) is 1. The Hall–Kier alpha value is -2.36. The fourth-order valence-corrected chi connectivity index (χ4v) is 3.06. The minimum atomic E-state index is -0.0543. The van der Waals surface area contributed by atoms with E-state index in [2.05, 4.69) is 18.8 Å². The maximum Gasteiger partial charge on any atom is 0.271 e. The van der Waals surface area contributed by atoms with Crippen molar-refractivity contribution >= 4 is 11.7 Å². The van der Waals surface area contributed by atoms with Gasteiger partial charge in [-0.3, -0.25) is 9.59 Å². The van der Waals surface area contributed by atoms with Crippen LogP contribution in [0.15, 0.2) is 30.3 Å². The Morgan fingerprint density at radius 3 is 2.29 bits per heavy atom. The predicted molar refractivity (Wildman–Crippen MR) is 96.3 cm³/mol. The number of benzene rings is 1. The third-order valence-corrected chi connectivity index (χ3v) is 4.58. The molecule has 1 amide bonds. The van der Waals surface area contributed by atoms with Crippen molar-refractivity contribution in [2.45, 2.75) is 53.6 Å². The molecule has 1 aromatic heterocycles. The molecule has 128 valence electrons. The Morgan fingerprint density at radius 1 is 1.17 bits per heavy atom. The second-order valence-corrected chi connectivity index (χ2v) is 6.36. The molecule has 0 spiro atoms. The van der Waals surface area contributed by atoms with Crippen LogP contribution in [0.1, 0.15) is 64.9 Å². The number of carbonyl (C=O) groups is 2. The predicted octanol–water partition coefficient (Wildman–Crippen LogP) is 4.28. The summed E-state index contributed by atoms with van der Waals surface area (Å²) in [6.45, 7) is 9.90. The van der Waals surface area contributed by atoms with Crippen molar-refractivity contribution in [3.05, 3.63) is 58.4 Å². The van der Waals surface area contributed by atoms with E-state index in [-0.39, 0.29) is 17.7 Å². The fourth-order valence-electron chi connectivity index (χ4n) is 3.06. The summed E-state index contributed by atoms with van der Waals surface area (Å²) in [6, 6.07) is 10.1. The van der Waals surface area contributed by atoms with E-state index in [9.17, 15) is 9.59 Å². The van der Waals surface area contributed by atoms with Crippen molar-refractivity contribution in [1.82, 2.24) is 9.88 Å². The van der Waals surface area contributed by atoms with Crippen LogP contribution in [0.5, 0.6) is 0 Å². The average Bonchev–Trinajstić information content (AvgIpc) is 2.87. The van der Waals surface area contributed by atoms with Crippen molar-refractivity contribution in [3.63, 3.8) is 0 Å². The maximum atomic E-state index is 13.1. The van der Waals surface area contributed by atoms with Gasteiger partial charge in [-0.15, -0.1) is 0 Å². The lowest BCUT2D eigenvalue weighted by atomic mass is 10.1. The normalized spacial score (nSPS) is 12.0. The molecule has 4 heteroatoms. The molecule has 1 heterocycles. The zero-order chi connectivity index (χ0) is 17.9. The van der Waals surface area contributed by atoms with Crippen molar-refractivity contribution in [1.29, 1.82) is 0 Å². The number of hydrogen-bond acceptors (Lipinski definition) is 2. The van der Waals surface area contributed by atoms with E-state index in [0.29, 0.717) is 17.8 Å². The van der Waals surface area contributed by atoms with Crippen LogP contribution in [0.25, 0.3) is 0 Å². The summed E-state index contributed by atoms with van der Waals surface area (Å²) in [5.41, 5.74) is 3.74. The van der Waals surface area contributed by atoms with Gasteiger partial charge in [0.25, 0.3) is 5.91 Å². The van der Waals surface area contributed by atoms with Crippen LogP contribution in [0, 0.1) is 13.8 Å². The number of hydrogen-bond donors (Lipinski definition) is 1. The van der Waals surface area contributed by atoms with Gasteiger partial charge in [0.15, 0.2) is 5.78 Å². The zero-order valence-corrected chi connectivity index (χ0v) is 15.1. The van der Waals surface area contributed by atoms with Gasteiger partial charge in [-0.05, 0) is 45.2 Å². The maximum absolute atomic E-state index is 13.1. The minimum absolute atomic E-state index is 0.0153. The lowest BCUT2D eigenvalue weighted by molar-refractivity contribution is 0.0665. The van der Waals surface area contributed by atoms with E-state index in [1.54, 1.807) is 0 Å².